The molecule has 0 amide bonds. The molecule has 0 aliphatic carbocycles. The molecule has 6 nitrogen and oxygen atoms in total. The van der Waals surface area contributed by atoms with Gasteiger partial charge in [-0.1, -0.05) is 56.3 Å². The molecule has 1 aliphatic rings. The van der Waals surface area contributed by atoms with Gasteiger partial charge in [-0.15, -0.1) is 5.10 Å². The Balaban J connectivity index is 1.31. The van der Waals surface area contributed by atoms with Gasteiger partial charge in [0.2, 0.25) is 0 Å². The van der Waals surface area contributed by atoms with Gasteiger partial charge in [0, 0.05) is 32.7 Å². The first kappa shape index (κ1) is 18.8. The first-order valence-corrected chi connectivity index (χ1v) is 10.1. The molecule has 28 heavy (non-hydrogen) atoms. The van der Waals surface area contributed by atoms with Crippen molar-refractivity contribution in [3.8, 4) is 5.69 Å². The Morgan fingerprint density at radius 1 is 0.821 bits per heavy atom. The summed E-state index contributed by atoms with van der Waals surface area (Å²) in [6, 6.07) is 19.2. The van der Waals surface area contributed by atoms with Crippen molar-refractivity contribution in [2.24, 2.45) is 0 Å². The molecule has 146 valence electrons. The fraction of sp³-hybridized carbons (Fsp3) is 0.409. The highest BCUT2D eigenvalue weighted by molar-refractivity contribution is 5.30. The van der Waals surface area contributed by atoms with E-state index in [4.69, 9.17) is 0 Å². The Labute approximate surface area is 166 Å². The third kappa shape index (κ3) is 4.46. The molecule has 0 N–H and O–H groups in total. The zero-order chi connectivity index (χ0) is 19.3. The standard InChI is InChI=1S/C22H28N6/c1-18(2)20-10-8-19(9-11-20)16-26-12-14-27(15-13-26)17-22-23-24-25-28(22)21-6-4-3-5-7-21/h3-11,18H,12-17H2,1-2H3. The van der Waals surface area contributed by atoms with Crippen LogP contribution in [0.15, 0.2) is 54.6 Å². The number of tetrazole rings is 1. The van der Waals surface area contributed by atoms with Crippen molar-refractivity contribution in [3.05, 3.63) is 71.5 Å². The SMILES string of the molecule is CC(C)c1ccc(CN2CCN(Cc3nnnn3-c3ccccc3)CC2)cc1. The number of benzene rings is 2. The van der Waals surface area contributed by atoms with Crippen LogP contribution in [-0.2, 0) is 13.1 Å². The predicted octanol–water partition coefficient (Wildman–Crippen LogP) is 3.10. The minimum atomic E-state index is 0.588. The van der Waals surface area contributed by atoms with Crippen molar-refractivity contribution in [1.82, 2.24) is 30.0 Å². The summed E-state index contributed by atoms with van der Waals surface area (Å²) in [5, 5.41) is 12.3. The second-order valence-corrected chi connectivity index (χ2v) is 7.79. The van der Waals surface area contributed by atoms with Gasteiger partial charge in [0.15, 0.2) is 5.82 Å². The van der Waals surface area contributed by atoms with Gasteiger partial charge in [0.1, 0.15) is 0 Å². The Morgan fingerprint density at radius 3 is 2.11 bits per heavy atom. The van der Waals surface area contributed by atoms with Gasteiger partial charge in [0.05, 0.1) is 12.2 Å². The van der Waals surface area contributed by atoms with Crippen LogP contribution >= 0.6 is 0 Å². The number of nitrogens with zero attached hydrogens (tertiary/aromatic N) is 6. The van der Waals surface area contributed by atoms with Gasteiger partial charge >= 0.3 is 0 Å². The molecule has 2 heterocycles. The lowest BCUT2D eigenvalue weighted by atomic mass is 10.0. The van der Waals surface area contributed by atoms with Crippen molar-refractivity contribution in [2.45, 2.75) is 32.9 Å². The van der Waals surface area contributed by atoms with Crippen LogP contribution in [-0.4, -0.2) is 56.2 Å². The molecule has 1 fully saturated rings. The smallest absolute Gasteiger partial charge is 0.170 e. The average Bonchev–Trinajstić information content (AvgIpc) is 3.19. The average molecular weight is 377 g/mol. The minimum absolute atomic E-state index is 0.588. The van der Waals surface area contributed by atoms with E-state index in [1.165, 1.54) is 11.1 Å². The fourth-order valence-corrected chi connectivity index (χ4v) is 3.65. The first-order chi connectivity index (χ1) is 13.7. The summed E-state index contributed by atoms with van der Waals surface area (Å²) >= 11 is 0. The number of hydrogen-bond donors (Lipinski definition) is 0. The largest absolute Gasteiger partial charge is 0.297 e. The van der Waals surface area contributed by atoms with E-state index in [9.17, 15) is 0 Å². The monoisotopic (exact) mass is 376 g/mol. The summed E-state index contributed by atoms with van der Waals surface area (Å²) in [6.07, 6.45) is 0. The second kappa shape index (κ2) is 8.63. The van der Waals surface area contributed by atoms with Gasteiger partial charge < -0.3 is 0 Å². The van der Waals surface area contributed by atoms with Crippen molar-refractivity contribution >= 4 is 0 Å². The maximum Gasteiger partial charge on any atom is 0.170 e. The van der Waals surface area contributed by atoms with Crippen LogP contribution in [0.3, 0.4) is 0 Å². The van der Waals surface area contributed by atoms with Crippen molar-refractivity contribution in [3.63, 3.8) is 0 Å². The summed E-state index contributed by atoms with van der Waals surface area (Å²) in [4.78, 5) is 4.96. The lowest BCUT2D eigenvalue weighted by Crippen LogP contribution is -2.45. The zero-order valence-corrected chi connectivity index (χ0v) is 16.7. The molecule has 1 aromatic heterocycles. The summed E-state index contributed by atoms with van der Waals surface area (Å²) in [6.45, 7) is 10.5. The number of hydrogen-bond acceptors (Lipinski definition) is 5. The van der Waals surface area contributed by atoms with Gasteiger partial charge in [-0.3, -0.25) is 9.80 Å². The Hall–Kier alpha value is -2.57. The van der Waals surface area contributed by atoms with Crippen LogP contribution in [0.2, 0.25) is 0 Å². The van der Waals surface area contributed by atoms with Crippen molar-refractivity contribution in [2.75, 3.05) is 26.2 Å². The summed E-state index contributed by atoms with van der Waals surface area (Å²) in [5.41, 5.74) is 3.81. The van der Waals surface area contributed by atoms with Crippen LogP contribution in [0, 0.1) is 0 Å². The summed E-state index contributed by atoms with van der Waals surface area (Å²) < 4.78 is 1.84. The number of piperazine rings is 1. The molecule has 6 heteroatoms. The van der Waals surface area contributed by atoms with E-state index in [1.807, 2.05) is 35.0 Å². The number of para-hydroxylation sites is 1. The molecular weight excluding hydrogens is 348 g/mol. The Kier molecular flexibility index (Phi) is 5.78. The van der Waals surface area contributed by atoms with Crippen LogP contribution in [0.1, 0.15) is 36.7 Å². The Bertz CT molecular complexity index is 864. The van der Waals surface area contributed by atoms with E-state index in [-0.39, 0.29) is 0 Å². The fourth-order valence-electron chi connectivity index (χ4n) is 3.65. The summed E-state index contributed by atoms with van der Waals surface area (Å²) in [5.74, 6) is 1.48. The van der Waals surface area contributed by atoms with E-state index in [0.29, 0.717) is 5.92 Å². The first-order valence-electron chi connectivity index (χ1n) is 10.1. The topological polar surface area (TPSA) is 50.1 Å². The number of rotatable bonds is 6. The Morgan fingerprint density at radius 2 is 1.46 bits per heavy atom. The maximum absolute atomic E-state index is 4.24. The molecule has 0 spiro atoms. The van der Waals surface area contributed by atoms with Crippen LogP contribution in [0.25, 0.3) is 5.69 Å². The molecular formula is C22H28N6. The number of aromatic nitrogens is 4. The van der Waals surface area contributed by atoms with Gasteiger partial charge in [-0.05, 0) is 39.6 Å². The molecule has 2 aromatic carbocycles. The van der Waals surface area contributed by atoms with Gasteiger partial charge in [0.25, 0.3) is 0 Å². The van der Waals surface area contributed by atoms with Crippen LogP contribution < -0.4 is 0 Å². The molecule has 1 aliphatic heterocycles. The van der Waals surface area contributed by atoms with Crippen molar-refractivity contribution in [1.29, 1.82) is 0 Å². The minimum Gasteiger partial charge on any atom is -0.297 e. The highest BCUT2D eigenvalue weighted by atomic mass is 15.5. The van der Waals surface area contributed by atoms with Crippen LogP contribution in [0.4, 0.5) is 0 Å². The van der Waals surface area contributed by atoms with Gasteiger partial charge in [-0.2, -0.15) is 4.68 Å². The van der Waals surface area contributed by atoms with E-state index < -0.39 is 0 Å². The second-order valence-electron chi connectivity index (χ2n) is 7.79. The molecule has 4 rings (SSSR count). The molecule has 0 atom stereocenters. The molecule has 1 saturated heterocycles. The predicted molar refractivity (Wildman–Crippen MR) is 110 cm³/mol. The molecule has 0 unspecified atom stereocenters. The van der Waals surface area contributed by atoms with Gasteiger partial charge in [-0.25, -0.2) is 0 Å². The van der Waals surface area contributed by atoms with E-state index >= 15 is 0 Å². The van der Waals surface area contributed by atoms with E-state index in [1.54, 1.807) is 0 Å². The van der Waals surface area contributed by atoms with Crippen molar-refractivity contribution < 1.29 is 0 Å². The third-order valence-electron chi connectivity index (χ3n) is 5.42. The quantitative estimate of drug-likeness (QED) is 0.662. The lowest BCUT2D eigenvalue weighted by molar-refractivity contribution is 0.119. The molecule has 0 radical (unpaired) electrons. The summed E-state index contributed by atoms with van der Waals surface area (Å²) in [7, 11) is 0. The van der Waals surface area contributed by atoms with E-state index in [2.05, 4.69) is 63.4 Å². The highest BCUT2D eigenvalue weighted by Crippen LogP contribution is 2.17. The zero-order valence-electron chi connectivity index (χ0n) is 16.7. The normalized spacial score (nSPS) is 16.0. The molecule has 0 saturated carbocycles. The lowest BCUT2D eigenvalue weighted by Gasteiger charge is -2.34. The maximum atomic E-state index is 4.24. The third-order valence-corrected chi connectivity index (χ3v) is 5.42. The van der Waals surface area contributed by atoms with E-state index in [0.717, 1.165) is 50.8 Å². The molecule has 3 aromatic rings. The molecule has 0 bridgehead atoms. The van der Waals surface area contributed by atoms with Crippen LogP contribution in [0.5, 0.6) is 0 Å². The highest BCUT2D eigenvalue weighted by Gasteiger charge is 2.20.